The first-order valence-corrected chi connectivity index (χ1v) is 18.1. The number of amides is 1. The van der Waals surface area contributed by atoms with E-state index in [1.54, 1.807) is 28.8 Å². The molecule has 0 atom stereocenters. The zero-order valence-electron chi connectivity index (χ0n) is 24.4. The molecule has 3 aromatic carbocycles. The number of allylic oxidation sites excluding steroid dienone is 1. The maximum Gasteiger partial charge on any atom is 0.378 e. The lowest BCUT2D eigenvalue weighted by Gasteiger charge is -2.05. The molecule has 0 saturated heterocycles. The van der Waals surface area contributed by atoms with Crippen LogP contribution in [0.1, 0.15) is 31.2 Å². The Balaban J connectivity index is 0.000000209. The van der Waals surface area contributed by atoms with Crippen LogP contribution >= 0.6 is 22.9 Å². The highest BCUT2D eigenvalue weighted by molar-refractivity contribution is 7.89. The van der Waals surface area contributed by atoms with E-state index in [0.29, 0.717) is 34.9 Å². The Labute approximate surface area is 264 Å². The summed E-state index contributed by atoms with van der Waals surface area (Å²) in [6, 6.07) is 16.6. The Bertz CT molecular complexity index is 2100. The molecule has 1 N–H and O–H groups in total. The molecule has 0 radical (unpaired) electrons. The van der Waals surface area contributed by atoms with Gasteiger partial charge in [0.15, 0.2) is 10.1 Å². The lowest BCUT2D eigenvalue weighted by molar-refractivity contribution is -0.660. The van der Waals surface area contributed by atoms with Crippen LogP contribution in [0.15, 0.2) is 64.8 Å². The van der Waals surface area contributed by atoms with Crippen molar-refractivity contribution in [1.82, 2.24) is 4.72 Å². The highest BCUT2D eigenvalue weighted by Crippen LogP contribution is 2.26. The number of ether oxygens (including phenoxy) is 1. The zero-order valence-corrected chi connectivity index (χ0v) is 27.6. The summed E-state index contributed by atoms with van der Waals surface area (Å²) in [6.45, 7) is 6.09. The fraction of sp³-hybridized carbons (Fsp3) is 0.276. The molecule has 5 rings (SSSR count). The lowest BCUT2D eigenvalue weighted by Crippen LogP contribution is -2.45. The smallest absolute Gasteiger partial charge is 0.378 e. The molecule has 1 amide bonds. The number of nitrogens with one attached hydrogen (secondary N) is 1. The molecule has 44 heavy (non-hydrogen) atoms. The Morgan fingerprint density at radius 2 is 1.82 bits per heavy atom. The summed E-state index contributed by atoms with van der Waals surface area (Å²) in [7, 11) is -8.04. The molecule has 0 fully saturated rings. The van der Waals surface area contributed by atoms with Gasteiger partial charge in [-0.2, -0.15) is 4.57 Å². The summed E-state index contributed by atoms with van der Waals surface area (Å²) in [4.78, 5) is 11.7. The van der Waals surface area contributed by atoms with Gasteiger partial charge in [-0.1, -0.05) is 54.1 Å². The number of fused-ring (bicyclic) bond motifs is 4. The number of aromatic nitrogens is 2. The van der Waals surface area contributed by atoms with Gasteiger partial charge in [0.25, 0.3) is 11.4 Å². The van der Waals surface area contributed by atoms with Gasteiger partial charge in [-0.25, -0.2) is 21.6 Å². The van der Waals surface area contributed by atoms with Gasteiger partial charge in [-0.05, 0) is 36.6 Å². The van der Waals surface area contributed by atoms with Crippen LogP contribution in [-0.2, 0) is 42.1 Å². The van der Waals surface area contributed by atoms with Crippen molar-refractivity contribution in [2.75, 3.05) is 12.9 Å². The average Bonchev–Trinajstić information content (AvgIpc) is 3.42. The SMILES string of the molecule is CCO/C(=C/c1oc2ccc3ccccc3c2[n+]1CS(=O)(=O)[O-])CC.Cc1sc2ccc(Cl)cc2[n+]1CC(=O)NS(C)(=O)=O. The molecule has 234 valence electrons. The zero-order chi connectivity index (χ0) is 32.2. The number of rotatable bonds is 9. The van der Waals surface area contributed by atoms with E-state index in [9.17, 15) is 26.2 Å². The van der Waals surface area contributed by atoms with Crippen LogP contribution in [0.5, 0.6) is 0 Å². The first-order valence-electron chi connectivity index (χ1n) is 13.4. The van der Waals surface area contributed by atoms with Gasteiger partial charge >= 0.3 is 5.89 Å². The van der Waals surface area contributed by atoms with Crippen LogP contribution in [0.25, 0.3) is 38.2 Å². The number of carbonyl (C=O) groups excluding carboxylic acids is 1. The molecule has 11 nitrogen and oxygen atoms in total. The Morgan fingerprint density at radius 3 is 2.48 bits per heavy atom. The number of sulfonamides is 1. The van der Waals surface area contributed by atoms with E-state index in [1.165, 1.54) is 15.9 Å². The normalized spacial score (nSPS) is 12.4. The molecule has 0 saturated carbocycles. The first-order chi connectivity index (χ1) is 20.7. The van der Waals surface area contributed by atoms with Gasteiger partial charge in [-0.3, -0.25) is 4.79 Å². The Hall–Kier alpha value is -3.56. The van der Waals surface area contributed by atoms with Crippen molar-refractivity contribution in [1.29, 1.82) is 0 Å². The molecule has 0 aliphatic rings. The third kappa shape index (κ3) is 8.33. The van der Waals surface area contributed by atoms with E-state index >= 15 is 0 Å². The van der Waals surface area contributed by atoms with Crippen LogP contribution in [0.4, 0.5) is 0 Å². The fourth-order valence-electron chi connectivity index (χ4n) is 4.59. The number of hydrogen-bond donors (Lipinski definition) is 1. The molecular weight excluding hydrogens is 650 g/mol. The quantitative estimate of drug-likeness (QED) is 0.137. The molecule has 5 aromatic rings. The van der Waals surface area contributed by atoms with Gasteiger partial charge in [0.2, 0.25) is 38.6 Å². The van der Waals surface area contributed by atoms with Crippen molar-refractivity contribution in [3.05, 3.63) is 76.3 Å². The molecule has 15 heteroatoms. The van der Waals surface area contributed by atoms with Crippen molar-refractivity contribution in [3.63, 3.8) is 0 Å². The minimum atomic E-state index is -4.50. The maximum absolute atomic E-state index is 11.7. The summed E-state index contributed by atoms with van der Waals surface area (Å²) in [5.74, 6) is -0.350. The maximum atomic E-state index is 11.7. The van der Waals surface area contributed by atoms with E-state index in [2.05, 4.69) is 0 Å². The number of benzene rings is 3. The third-order valence-corrected chi connectivity index (χ3v) is 8.80. The molecule has 0 bridgehead atoms. The van der Waals surface area contributed by atoms with Gasteiger partial charge in [-0.15, -0.1) is 4.57 Å². The summed E-state index contributed by atoms with van der Waals surface area (Å²) in [5.41, 5.74) is 1.91. The first kappa shape index (κ1) is 33.3. The second-order valence-electron chi connectivity index (χ2n) is 9.70. The summed E-state index contributed by atoms with van der Waals surface area (Å²) >= 11 is 7.46. The number of thiazole rings is 1. The molecule has 0 spiro atoms. The molecular formula is C29H31ClN3O8S3+. The van der Waals surface area contributed by atoms with E-state index in [1.807, 2.05) is 61.9 Å². The van der Waals surface area contributed by atoms with Crippen molar-refractivity contribution in [2.24, 2.45) is 0 Å². The number of aryl methyl sites for hydroxylation is 1. The molecule has 0 aliphatic carbocycles. The van der Waals surface area contributed by atoms with Crippen LogP contribution in [0.3, 0.4) is 0 Å². The standard InChI is InChI=1S/C18H19NO5S.C11H11ClN2O3S2/c1-3-14(23-4-2)11-17-19(12-25(20,21)22)18-15-8-6-5-7-13(15)9-10-16(18)24-17;1-7-14(6-11(15)13-19(2,16)17)9-5-8(12)3-4-10(9)18-7/h5-11H,3-4,12H2,1-2H3;3-5H,6H2,1-2H3/p+1/b14-11+;. The van der Waals surface area contributed by atoms with Crippen LogP contribution in [-0.4, -0.2) is 40.2 Å². The number of halogens is 1. The minimum Gasteiger partial charge on any atom is -0.743 e. The van der Waals surface area contributed by atoms with E-state index < -0.39 is 31.9 Å². The van der Waals surface area contributed by atoms with Gasteiger partial charge < -0.3 is 13.7 Å². The van der Waals surface area contributed by atoms with E-state index in [0.717, 1.165) is 32.3 Å². The fourth-order valence-corrected chi connectivity index (χ4v) is 6.81. The van der Waals surface area contributed by atoms with Gasteiger partial charge in [0, 0.05) is 24.4 Å². The van der Waals surface area contributed by atoms with Crippen molar-refractivity contribution in [2.45, 2.75) is 39.6 Å². The highest BCUT2D eigenvalue weighted by Gasteiger charge is 2.26. The predicted molar refractivity (Wildman–Crippen MR) is 168 cm³/mol. The average molecular weight is 681 g/mol. The third-order valence-electron chi connectivity index (χ3n) is 6.31. The van der Waals surface area contributed by atoms with Crippen molar-refractivity contribution in [3.8, 4) is 0 Å². The highest BCUT2D eigenvalue weighted by atomic mass is 35.5. The largest absolute Gasteiger partial charge is 0.743 e. The summed E-state index contributed by atoms with van der Waals surface area (Å²) < 4.78 is 73.8. The number of carbonyl (C=O) groups is 1. The van der Waals surface area contributed by atoms with E-state index in [4.69, 9.17) is 20.8 Å². The van der Waals surface area contributed by atoms with Crippen LogP contribution in [0.2, 0.25) is 5.02 Å². The minimum absolute atomic E-state index is 0.0563. The number of nitrogens with zero attached hydrogens (tertiary/aromatic N) is 2. The summed E-state index contributed by atoms with van der Waals surface area (Å²) in [5, 5.41) is 3.23. The predicted octanol–water partition coefficient (Wildman–Crippen LogP) is 4.39. The number of oxazole rings is 1. The molecule has 2 heterocycles. The number of hydrogen-bond acceptors (Lipinski definition) is 9. The van der Waals surface area contributed by atoms with Crippen LogP contribution in [0, 0.1) is 6.92 Å². The summed E-state index contributed by atoms with van der Waals surface area (Å²) in [6.07, 6.45) is 3.21. The lowest BCUT2D eigenvalue weighted by atomic mass is 10.1. The topological polar surface area (TPSA) is 151 Å². The van der Waals surface area contributed by atoms with Gasteiger partial charge in [0.1, 0.15) is 10.5 Å². The molecule has 0 aliphatic heterocycles. The van der Waals surface area contributed by atoms with Gasteiger partial charge in [0.05, 0.1) is 24.3 Å². The molecule has 2 aromatic heterocycles. The van der Waals surface area contributed by atoms with E-state index in [-0.39, 0.29) is 12.4 Å². The molecule has 0 unspecified atom stereocenters. The van der Waals surface area contributed by atoms with Crippen LogP contribution < -0.4 is 13.9 Å². The van der Waals surface area contributed by atoms with Crippen molar-refractivity contribution < 1.29 is 44.5 Å². The second-order valence-corrected chi connectivity index (χ2v) is 14.5. The Kier molecular flexibility index (Phi) is 10.3. The second kappa shape index (κ2) is 13.6. The monoisotopic (exact) mass is 680 g/mol. The Morgan fingerprint density at radius 1 is 1.09 bits per heavy atom. The van der Waals surface area contributed by atoms with Crippen molar-refractivity contribution >= 4 is 87.2 Å².